The lowest BCUT2D eigenvalue weighted by Crippen LogP contribution is -2.21. The molecular formula is C13H19NO4S. The zero-order chi connectivity index (χ0) is 13.7. The van der Waals surface area contributed by atoms with Gasteiger partial charge in [-0.15, -0.1) is 0 Å². The molecule has 2 heterocycles. The van der Waals surface area contributed by atoms with E-state index in [0.29, 0.717) is 24.8 Å². The Kier molecular flexibility index (Phi) is 4.76. The van der Waals surface area contributed by atoms with Crippen LogP contribution in [0.5, 0.6) is 5.88 Å². The van der Waals surface area contributed by atoms with Crippen LogP contribution in [0.1, 0.15) is 25.5 Å². The topological polar surface area (TPSA) is 65.5 Å². The van der Waals surface area contributed by atoms with Gasteiger partial charge in [0.05, 0.1) is 29.9 Å². The number of rotatable bonds is 6. The molecule has 106 valence electrons. The molecule has 1 fully saturated rings. The second-order valence-corrected chi connectivity index (χ2v) is 6.70. The summed E-state index contributed by atoms with van der Waals surface area (Å²) < 4.78 is 34.8. The molecule has 0 spiro atoms. The molecule has 19 heavy (non-hydrogen) atoms. The molecule has 1 aromatic heterocycles. The summed E-state index contributed by atoms with van der Waals surface area (Å²) in [6.45, 7) is 3.04. The van der Waals surface area contributed by atoms with E-state index in [4.69, 9.17) is 9.47 Å². The van der Waals surface area contributed by atoms with E-state index < -0.39 is 9.84 Å². The summed E-state index contributed by atoms with van der Waals surface area (Å²) in [6.07, 6.45) is 1.62. The van der Waals surface area contributed by atoms with Crippen molar-refractivity contribution < 1.29 is 17.9 Å². The van der Waals surface area contributed by atoms with Crippen molar-refractivity contribution in [1.29, 1.82) is 0 Å². The van der Waals surface area contributed by atoms with E-state index in [-0.39, 0.29) is 17.6 Å². The third-order valence-electron chi connectivity index (χ3n) is 2.91. The molecule has 2 rings (SSSR count). The highest BCUT2D eigenvalue weighted by Gasteiger charge is 2.24. The Morgan fingerprint density at radius 2 is 2.32 bits per heavy atom. The summed E-state index contributed by atoms with van der Waals surface area (Å²) in [6, 6.07) is 5.18. The first-order valence-electron chi connectivity index (χ1n) is 6.50. The first kappa shape index (κ1) is 14.3. The average Bonchev–Trinajstić information content (AvgIpc) is 2.81. The maximum absolute atomic E-state index is 12.1. The summed E-state index contributed by atoms with van der Waals surface area (Å²) >= 11 is 0. The van der Waals surface area contributed by atoms with Crippen molar-refractivity contribution >= 4 is 9.84 Å². The molecule has 0 aliphatic carbocycles. The van der Waals surface area contributed by atoms with Crippen molar-refractivity contribution in [1.82, 2.24) is 4.98 Å². The fraction of sp³-hybridized carbons (Fsp3) is 0.615. The molecule has 5 nitrogen and oxygen atoms in total. The van der Waals surface area contributed by atoms with Gasteiger partial charge in [0.1, 0.15) is 0 Å². The van der Waals surface area contributed by atoms with Crippen molar-refractivity contribution in [2.45, 2.75) is 31.6 Å². The molecule has 0 bridgehead atoms. The number of sulfone groups is 1. The molecule has 1 unspecified atom stereocenters. The van der Waals surface area contributed by atoms with E-state index in [1.807, 2.05) is 6.92 Å². The van der Waals surface area contributed by atoms with E-state index in [2.05, 4.69) is 4.98 Å². The third-order valence-corrected chi connectivity index (χ3v) is 4.52. The molecule has 0 saturated carbocycles. The first-order valence-corrected chi connectivity index (χ1v) is 8.32. The Morgan fingerprint density at radius 1 is 1.47 bits per heavy atom. The molecule has 0 aromatic carbocycles. The predicted octanol–water partition coefficient (Wildman–Crippen LogP) is 1.57. The minimum atomic E-state index is -3.19. The summed E-state index contributed by atoms with van der Waals surface area (Å²) in [5, 5.41) is 0. The van der Waals surface area contributed by atoms with Crippen LogP contribution in [-0.4, -0.2) is 38.5 Å². The number of pyridine rings is 1. The van der Waals surface area contributed by atoms with Gasteiger partial charge in [0.15, 0.2) is 9.84 Å². The zero-order valence-corrected chi connectivity index (χ0v) is 11.9. The van der Waals surface area contributed by atoms with Gasteiger partial charge in [-0.05, 0) is 25.8 Å². The van der Waals surface area contributed by atoms with Crippen LogP contribution in [0.15, 0.2) is 18.2 Å². The number of hydrogen-bond acceptors (Lipinski definition) is 5. The highest BCUT2D eigenvalue weighted by atomic mass is 32.2. The van der Waals surface area contributed by atoms with Gasteiger partial charge in [0.25, 0.3) is 0 Å². The van der Waals surface area contributed by atoms with Crippen LogP contribution in [-0.2, 0) is 20.3 Å². The highest BCUT2D eigenvalue weighted by Crippen LogP contribution is 2.17. The Morgan fingerprint density at radius 3 is 3.00 bits per heavy atom. The Labute approximate surface area is 113 Å². The van der Waals surface area contributed by atoms with E-state index in [1.165, 1.54) is 0 Å². The van der Waals surface area contributed by atoms with Gasteiger partial charge in [-0.25, -0.2) is 13.4 Å². The fourth-order valence-electron chi connectivity index (χ4n) is 2.11. The molecule has 1 atom stereocenters. The largest absolute Gasteiger partial charge is 0.478 e. The van der Waals surface area contributed by atoms with Crippen LogP contribution < -0.4 is 4.74 Å². The molecular weight excluding hydrogens is 266 g/mol. The second-order valence-electron chi connectivity index (χ2n) is 4.59. The van der Waals surface area contributed by atoms with Gasteiger partial charge < -0.3 is 9.47 Å². The van der Waals surface area contributed by atoms with Crippen LogP contribution >= 0.6 is 0 Å². The molecule has 6 heteroatoms. The van der Waals surface area contributed by atoms with Crippen LogP contribution in [0.25, 0.3) is 0 Å². The Balaban J connectivity index is 2.00. The van der Waals surface area contributed by atoms with Crippen molar-refractivity contribution in [3.8, 4) is 5.88 Å². The van der Waals surface area contributed by atoms with E-state index >= 15 is 0 Å². The molecule has 0 radical (unpaired) electrons. The Hall–Kier alpha value is -1.14. The van der Waals surface area contributed by atoms with Gasteiger partial charge in [0, 0.05) is 12.7 Å². The minimum Gasteiger partial charge on any atom is -0.478 e. The summed E-state index contributed by atoms with van der Waals surface area (Å²) in [4.78, 5) is 4.18. The summed E-state index contributed by atoms with van der Waals surface area (Å²) in [7, 11) is -3.19. The van der Waals surface area contributed by atoms with Crippen molar-refractivity contribution in [3.63, 3.8) is 0 Å². The average molecular weight is 285 g/mol. The minimum absolute atomic E-state index is 0.0617. The molecule has 0 N–H and O–H groups in total. The number of aromatic nitrogens is 1. The molecule has 1 aromatic rings. The smallest absolute Gasteiger partial charge is 0.213 e. The van der Waals surface area contributed by atoms with Gasteiger partial charge in [-0.3, -0.25) is 0 Å². The lowest BCUT2D eigenvalue weighted by molar-refractivity contribution is 0.127. The van der Waals surface area contributed by atoms with Crippen molar-refractivity contribution in [2.24, 2.45) is 0 Å². The fourth-order valence-corrected chi connectivity index (χ4v) is 3.67. The van der Waals surface area contributed by atoms with Crippen molar-refractivity contribution in [3.05, 3.63) is 23.9 Å². The maximum Gasteiger partial charge on any atom is 0.213 e. The second kappa shape index (κ2) is 6.34. The number of ether oxygens (including phenoxy) is 2. The summed E-state index contributed by atoms with van der Waals surface area (Å²) in [5.74, 6) is 0.480. The van der Waals surface area contributed by atoms with Gasteiger partial charge in [0.2, 0.25) is 5.88 Å². The Bertz CT molecular complexity index is 509. The van der Waals surface area contributed by atoms with Crippen molar-refractivity contribution in [2.75, 3.05) is 19.0 Å². The third kappa shape index (κ3) is 4.47. The number of nitrogens with zero attached hydrogens (tertiary/aromatic N) is 1. The van der Waals surface area contributed by atoms with Crippen LogP contribution in [0.2, 0.25) is 0 Å². The van der Waals surface area contributed by atoms with E-state index in [0.717, 1.165) is 12.8 Å². The van der Waals surface area contributed by atoms with Gasteiger partial charge in [-0.2, -0.15) is 0 Å². The molecule has 1 aliphatic rings. The van der Waals surface area contributed by atoms with Crippen LogP contribution in [0.4, 0.5) is 0 Å². The molecule has 0 amide bonds. The molecule has 1 saturated heterocycles. The standard InChI is InChI=1S/C13H19NO4S/c1-2-17-13-7-3-5-11(14-13)9-19(15,16)10-12-6-4-8-18-12/h3,5,7,12H,2,4,6,8-10H2,1H3. The highest BCUT2D eigenvalue weighted by molar-refractivity contribution is 7.90. The van der Waals surface area contributed by atoms with Crippen LogP contribution in [0.3, 0.4) is 0 Å². The first-order chi connectivity index (χ1) is 9.09. The zero-order valence-electron chi connectivity index (χ0n) is 11.0. The number of hydrogen-bond donors (Lipinski definition) is 0. The maximum atomic E-state index is 12.1. The summed E-state index contributed by atoms with van der Waals surface area (Å²) in [5.41, 5.74) is 0.518. The quantitative estimate of drug-likeness (QED) is 0.794. The normalized spacial score (nSPS) is 19.5. The van der Waals surface area contributed by atoms with Gasteiger partial charge >= 0.3 is 0 Å². The monoisotopic (exact) mass is 285 g/mol. The van der Waals surface area contributed by atoms with Crippen LogP contribution in [0, 0.1) is 0 Å². The lowest BCUT2D eigenvalue weighted by atomic mass is 10.3. The SMILES string of the molecule is CCOc1cccc(CS(=O)(=O)CC2CCCO2)n1. The lowest BCUT2D eigenvalue weighted by Gasteiger charge is -2.10. The van der Waals surface area contributed by atoms with E-state index in [9.17, 15) is 8.42 Å². The molecule has 1 aliphatic heterocycles. The van der Waals surface area contributed by atoms with E-state index in [1.54, 1.807) is 18.2 Å². The predicted molar refractivity (Wildman–Crippen MR) is 71.9 cm³/mol. The van der Waals surface area contributed by atoms with Gasteiger partial charge in [-0.1, -0.05) is 6.07 Å².